The number of aliphatic hydroxyl groups is 1. The Morgan fingerprint density at radius 2 is 1.36 bits per heavy atom. The third-order valence-corrected chi connectivity index (χ3v) is 6.42. The van der Waals surface area contributed by atoms with Crippen molar-refractivity contribution in [1.29, 1.82) is 0 Å². The molecule has 0 saturated heterocycles. The molecule has 10 heteroatoms. The molecule has 0 fully saturated rings. The molecule has 44 heavy (non-hydrogen) atoms. The van der Waals surface area contributed by atoms with Gasteiger partial charge in [-0.1, -0.05) is 80.4 Å². The van der Waals surface area contributed by atoms with Gasteiger partial charge in [0.25, 0.3) is 0 Å². The van der Waals surface area contributed by atoms with Crippen molar-refractivity contribution in [2.45, 2.75) is 103 Å². The lowest BCUT2D eigenvalue weighted by Gasteiger charge is -2.35. The number of alkyl carbamates (subject to hydrolysis) is 1. The molecule has 0 aliphatic rings. The highest BCUT2D eigenvalue weighted by Gasteiger charge is 2.38. The Labute approximate surface area is 261 Å². The van der Waals surface area contributed by atoms with Crippen molar-refractivity contribution in [3.63, 3.8) is 0 Å². The lowest BCUT2D eigenvalue weighted by molar-refractivity contribution is -0.159. The average molecular weight is 612 g/mol. The van der Waals surface area contributed by atoms with Crippen LogP contribution in [0.4, 0.5) is 4.79 Å². The van der Waals surface area contributed by atoms with Gasteiger partial charge in [-0.15, -0.1) is 0 Å². The number of esters is 1. The van der Waals surface area contributed by atoms with Crippen LogP contribution in [0.15, 0.2) is 60.7 Å². The molecule has 3 atom stereocenters. The van der Waals surface area contributed by atoms with E-state index in [1.807, 2.05) is 37.3 Å². The predicted octanol–water partition coefficient (Wildman–Crippen LogP) is 4.70. The summed E-state index contributed by atoms with van der Waals surface area (Å²) in [6, 6.07) is 14.4. The minimum Gasteiger partial charge on any atom is -0.458 e. The van der Waals surface area contributed by atoms with E-state index in [9.17, 15) is 24.3 Å². The lowest BCUT2D eigenvalue weighted by atomic mass is 10.0. The van der Waals surface area contributed by atoms with Crippen molar-refractivity contribution < 1.29 is 33.8 Å². The van der Waals surface area contributed by atoms with Crippen LogP contribution in [0.3, 0.4) is 0 Å². The van der Waals surface area contributed by atoms with E-state index in [2.05, 4.69) is 10.6 Å². The van der Waals surface area contributed by atoms with Crippen molar-refractivity contribution in [3.8, 4) is 0 Å². The van der Waals surface area contributed by atoms with Gasteiger partial charge in [0.15, 0.2) is 0 Å². The molecule has 0 aliphatic carbocycles. The van der Waals surface area contributed by atoms with Crippen LogP contribution in [0.25, 0.3) is 0 Å². The number of ether oxygens (including phenoxy) is 2. The fourth-order valence-electron chi connectivity index (χ4n) is 4.51. The van der Waals surface area contributed by atoms with E-state index in [1.165, 1.54) is 4.90 Å². The highest BCUT2D eigenvalue weighted by atomic mass is 16.6. The van der Waals surface area contributed by atoms with Crippen LogP contribution < -0.4 is 10.6 Å². The molecule has 0 spiro atoms. The smallest absolute Gasteiger partial charge is 0.408 e. The number of aliphatic hydroxyl groups excluding tert-OH is 1. The van der Waals surface area contributed by atoms with Gasteiger partial charge >= 0.3 is 12.1 Å². The van der Waals surface area contributed by atoms with Gasteiger partial charge in [0.1, 0.15) is 29.3 Å². The zero-order valence-electron chi connectivity index (χ0n) is 27.1. The van der Waals surface area contributed by atoms with E-state index in [4.69, 9.17) is 9.47 Å². The number of nitrogens with zero attached hydrogens (tertiary/aromatic N) is 1. The Bertz CT molecular complexity index is 1210. The third-order valence-electron chi connectivity index (χ3n) is 6.42. The molecule has 2 rings (SSSR count). The molecule has 242 valence electrons. The second kappa shape index (κ2) is 16.8. The largest absolute Gasteiger partial charge is 0.458 e. The molecule has 2 aromatic rings. The van der Waals surface area contributed by atoms with Gasteiger partial charge in [0.05, 0.1) is 6.61 Å². The van der Waals surface area contributed by atoms with Crippen molar-refractivity contribution >= 4 is 23.9 Å². The lowest BCUT2D eigenvalue weighted by Crippen LogP contribution is -2.56. The topological polar surface area (TPSA) is 134 Å². The van der Waals surface area contributed by atoms with Gasteiger partial charge in [0, 0.05) is 13.0 Å². The standard InChI is InChI=1S/C34H49N3O7/c1-8-9-16-21-37(30(40)27(23-38)36-32(42)44-34(5,6)7)28(25-19-14-11-15-20-25)29(39)35-26(31(41)43-33(2,3)4)22-24-17-12-10-13-18-24/h10-15,17-20,26-28,38H,8-9,16,21-23H2,1-7H3,(H,35,39)(H,36,42). The Kier molecular flexibility index (Phi) is 13.8. The second-order valence-electron chi connectivity index (χ2n) is 12.7. The van der Waals surface area contributed by atoms with Gasteiger partial charge in [-0.3, -0.25) is 9.59 Å². The van der Waals surface area contributed by atoms with E-state index in [0.717, 1.165) is 18.4 Å². The molecule has 3 amide bonds. The van der Waals surface area contributed by atoms with Crippen LogP contribution in [0.5, 0.6) is 0 Å². The normalized spacial score (nSPS) is 13.6. The summed E-state index contributed by atoms with van der Waals surface area (Å²) in [7, 11) is 0. The summed E-state index contributed by atoms with van der Waals surface area (Å²) < 4.78 is 11.0. The molecule has 10 nitrogen and oxygen atoms in total. The Morgan fingerprint density at radius 1 is 0.795 bits per heavy atom. The van der Waals surface area contributed by atoms with Gasteiger partial charge in [-0.2, -0.15) is 0 Å². The van der Waals surface area contributed by atoms with Crippen LogP contribution in [0.1, 0.15) is 84.9 Å². The van der Waals surface area contributed by atoms with Gasteiger partial charge in [-0.25, -0.2) is 9.59 Å². The summed E-state index contributed by atoms with van der Waals surface area (Å²) in [6.07, 6.45) is 1.52. The molecule has 0 saturated carbocycles. The number of carbonyl (C=O) groups excluding carboxylic acids is 4. The quantitative estimate of drug-likeness (QED) is 0.208. The molecule has 3 N–H and O–H groups in total. The van der Waals surface area contributed by atoms with Crippen LogP contribution in [0, 0.1) is 0 Å². The number of hydrogen-bond acceptors (Lipinski definition) is 7. The zero-order valence-corrected chi connectivity index (χ0v) is 27.1. The molecular weight excluding hydrogens is 562 g/mol. The second-order valence-corrected chi connectivity index (χ2v) is 12.7. The number of unbranched alkanes of at least 4 members (excludes halogenated alkanes) is 2. The van der Waals surface area contributed by atoms with Crippen LogP contribution in [-0.4, -0.2) is 70.3 Å². The summed E-state index contributed by atoms with van der Waals surface area (Å²) in [4.78, 5) is 55.5. The summed E-state index contributed by atoms with van der Waals surface area (Å²) in [6.45, 7) is 11.8. The van der Waals surface area contributed by atoms with Crippen molar-refractivity contribution in [2.24, 2.45) is 0 Å². The maximum atomic E-state index is 14.2. The number of amides is 3. The first-order valence-electron chi connectivity index (χ1n) is 15.2. The molecule has 0 aromatic heterocycles. The van der Waals surface area contributed by atoms with Crippen LogP contribution in [-0.2, 0) is 30.3 Å². The van der Waals surface area contributed by atoms with E-state index < -0.39 is 59.8 Å². The van der Waals surface area contributed by atoms with Gasteiger partial charge < -0.3 is 30.1 Å². The zero-order chi connectivity index (χ0) is 32.9. The first kappa shape index (κ1) is 36.3. The monoisotopic (exact) mass is 611 g/mol. The average Bonchev–Trinajstić information content (AvgIpc) is 2.94. The first-order valence-corrected chi connectivity index (χ1v) is 15.2. The maximum absolute atomic E-state index is 14.2. The van der Waals surface area contributed by atoms with Crippen LogP contribution >= 0.6 is 0 Å². The molecule has 0 heterocycles. The maximum Gasteiger partial charge on any atom is 0.408 e. The van der Waals surface area contributed by atoms with Crippen molar-refractivity contribution in [3.05, 3.63) is 71.8 Å². The Balaban J connectivity index is 2.51. The van der Waals surface area contributed by atoms with Crippen LogP contribution in [0.2, 0.25) is 0 Å². The molecule has 2 aromatic carbocycles. The number of benzene rings is 2. The highest BCUT2D eigenvalue weighted by molar-refractivity contribution is 5.94. The first-order chi connectivity index (χ1) is 20.6. The third kappa shape index (κ3) is 12.4. The fourth-order valence-corrected chi connectivity index (χ4v) is 4.51. The SMILES string of the molecule is CCCCCN(C(=O)C(CO)NC(=O)OC(C)(C)C)C(C(=O)NC(Cc1ccccc1)C(=O)OC(C)(C)C)c1ccccc1. The molecule has 0 bridgehead atoms. The summed E-state index contributed by atoms with van der Waals surface area (Å²) >= 11 is 0. The van der Waals surface area contributed by atoms with Crippen molar-refractivity contribution in [1.82, 2.24) is 15.5 Å². The minimum atomic E-state index is -1.36. The molecule has 0 radical (unpaired) electrons. The fraction of sp³-hybridized carbons (Fsp3) is 0.529. The van der Waals surface area contributed by atoms with E-state index in [1.54, 1.807) is 71.9 Å². The Hall–Kier alpha value is -3.92. The Morgan fingerprint density at radius 3 is 1.89 bits per heavy atom. The number of hydrogen-bond donors (Lipinski definition) is 3. The summed E-state index contributed by atoms with van der Waals surface area (Å²) in [5.74, 6) is -1.86. The summed E-state index contributed by atoms with van der Waals surface area (Å²) in [5, 5.41) is 15.5. The minimum absolute atomic E-state index is 0.169. The van der Waals surface area contributed by atoms with E-state index in [-0.39, 0.29) is 13.0 Å². The summed E-state index contributed by atoms with van der Waals surface area (Å²) in [5.41, 5.74) is -0.293. The molecular formula is C34H49N3O7. The van der Waals surface area contributed by atoms with Gasteiger partial charge in [-0.05, 0) is 59.1 Å². The van der Waals surface area contributed by atoms with E-state index in [0.29, 0.717) is 12.0 Å². The number of rotatable bonds is 14. The van der Waals surface area contributed by atoms with E-state index >= 15 is 0 Å². The highest BCUT2D eigenvalue weighted by Crippen LogP contribution is 2.24. The van der Waals surface area contributed by atoms with Gasteiger partial charge in [0.2, 0.25) is 11.8 Å². The molecule has 0 aliphatic heterocycles. The predicted molar refractivity (Wildman–Crippen MR) is 169 cm³/mol. The molecule has 3 unspecified atom stereocenters. The number of nitrogens with one attached hydrogen (secondary N) is 2. The van der Waals surface area contributed by atoms with Crippen molar-refractivity contribution in [2.75, 3.05) is 13.2 Å². The number of carbonyl (C=O) groups is 4.